The minimum Gasteiger partial charge on any atom is -0.353 e. The van der Waals surface area contributed by atoms with Gasteiger partial charge < -0.3 is 5.32 Å². The van der Waals surface area contributed by atoms with E-state index in [0.717, 1.165) is 25.2 Å². The smallest absolute Gasteiger partial charge is 0.225 e. The van der Waals surface area contributed by atoms with Crippen LogP contribution in [0.1, 0.15) is 53.4 Å². The van der Waals surface area contributed by atoms with Gasteiger partial charge in [-0.1, -0.05) is 27.7 Å². The average Bonchev–Trinajstić information content (AvgIpc) is 2.51. The molecule has 1 aliphatic carbocycles. The molecule has 1 N–H and O–H groups in total. The lowest BCUT2D eigenvalue weighted by Gasteiger charge is -2.24. The molecular formula is C12H23NO. The van der Waals surface area contributed by atoms with E-state index in [1.165, 1.54) is 6.42 Å². The Bertz CT molecular complexity index is 210. The first-order chi connectivity index (χ1) is 6.45. The van der Waals surface area contributed by atoms with Crippen molar-refractivity contribution in [2.24, 2.45) is 11.3 Å². The molecule has 1 amide bonds. The zero-order chi connectivity index (χ0) is 10.8. The van der Waals surface area contributed by atoms with Crippen molar-refractivity contribution < 1.29 is 4.79 Å². The van der Waals surface area contributed by atoms with Gasteiger partial charge in [-0.3, -0.25) is 4.79 Å². The van der Waals surface area contributed by atoms with Gasteiger partial charge in [0.2, 0.25) is 5.91 Å². The van der Waals surface area contributed by atoms with E-state index in [1.807, 2.05) is 13.8 Å². The fourth-order valence-corrected chi connectivity index (χ4v) is 1.88. The van der Waals surface area contributed by atoms with Gasteiger partial charge in [-0.15, -0.1) is 0 Å². The number of rotatable bonds is 3. The highest BCUT2D eigenvalue weighted by molar-refractivity contribution is 5.82. The summed E-state index contributed by atoms with van der Waals surface area (Å²) in [7, 11) is 0. The lowest BCUT2D eigenvalue weighted by molar-refractivity contribution is -0.130. The molecule has 0 aliphatic heterocycles. The van der Waals surface area contributed by atoms with Gasteiger partial charge in [0.15, 0.2) is 0 Å². The molecule has 1 fully saturated rings. The van der Waals surface area contributed by atoms with Crippen LogP contribution < -0.4 is 5.32 Å². The van der Waals surface area contributed by atoms with Crippen LogP contribution in [0.2, 0.25) is 0 Å². The predicted molar refractivity (Wildman–Crippen MR) is 59.0 cm³/mol. The zero-order valence-corrected chi connectivity index (χ0v) is 9.89. The van der Waals surface area contributed by atoms with Gasteiger partial charge in [-0.25, -0.2) is 0 Å². The van der Waals surface area contributed by atoms with Crippen molar-refractivity contribution in [3.05, 3.63) is 0 Å². The molecule has 0 heterocycles. The first kappa shape index (κ1) is 11.5. The molecule has 2 unspecified atom stereocenters. The molecule has 1 saturated carbocycles. The molecule has 82 valence electrons. The molecule has 0 saturated heterocycles. The minimum absolute atomic E-state index is 0.203. The van der Waals surface area contributed by atoms with Crippen molar-refractivity contribution in [3.8, 4) is 0 Å². The van der Waals surface area contributed by atoms with Gasteiger partial charge >= 0.3 is 0 Å². The monoisotopic (exact) mass is 197 g/mol. The van der Waals surface area contributed by atoms with E-state index in [-0.39, 0.29) is 11.3 Å². The molecule has 0 bridgehead atoms. The summed E-state index contributed by atoms with van der Waals surface area (Å²) in [6, 6.07) is 0.434. The Morgan fingerprint density at radius 2 is 2.07 bits per heavy atom. The summed E-state index contributed by atoms with van der Waals surface area (Å²) in [4.78, 5) is 11.8. The Labute approximate surface area is 87.5 Å². The van der Waals surface area contributed by atoms with Crippen molar-refractivity contribution in [2.45, 2.75) is 59.4 Å². The van der Waals surface area contributed by atoms with E-state index in [0.29, 0.717) is 6.04 Å². The van der Waals surface area contributed by atoms with Gasteiger partial charge in [-0.2, -0.15) is 0 Å². The van der Waals surface area contributed by atoms with Crippen molar-refractivity contribution >= 4 is 5.91 Å². The molecule has 1 aliphatic rings. The molecule has 2 atom stereocenters. The fraction of sp³-hybridized carbons (Fsp3) is 0.917. The van der Waals surface area contributed by atoms with Crippen LogP contribution in [-0.2, 0) is 4.79 Å². The maximum Gasteiger partial charge on any atom is 0.225 e. The minimum atomic E-state index is -0.203. The molecule has 0 radical (unpaired) electrons. The third-order valence-corrected chi connectivity index (χ3v) is 3.53. The normalized spacial score (nSPS) is 27.7. The average molecular weight is 197 g/mol. The molecule has 0 spiro atoms. The molecular weight excluding hydrogens is 174 g/mol. The van der Waals surface area contributed by atoms with Crippen LogP contribution in [0.4, 0.5) is 0 Å². The maximum absolute atomic E-state index is 11.8. The van der Waals surface area contributed by atoms with E-state index >= 15 is 0 Å². The second-order valence-electron chi connectivity index (χ2n) is 5.33. The second-order valence-corrected chi connectivity index (χ2v) is 5.33. The quantitative estimate of drug-likeness (QED) is 0.740. The fourth-order valence-electron chi connectivity index (χ4n) is 1.88. The topological polar surface area (TPSA) is 29.1 Å². The SMILES string of the molecule is CCC(C)(C)C(=O)NC1CCC(C)C1. The predicted octanol–water partition coefficient (Wildman–Crippen LogP) is 2.73. The van der Waals surface area contributed by atoms with Crippen LogP contribution in [-0.4, -0.2) is 11.9 Å². The number of hydrogen-bond acceptors (Lipinski definition) is 1. The van der Waals surface area contributed by atoms with Crippen LogP contribution in [0.5, 0.6) is 0 Å². The summed E-state index contributed by atoms with van der Waals surface area (Å²) in [6.07, 6.45) is 4.48. The lowest BCUT2D eigenvalue weighted by Crippen LogP contribution is -2.41. The van der Waals surface area contributed by atoms with Crippen molar-refractivity contribution in [1.29, 1.82) is 0 Å². The summed E-state index contributed by atoms with van der Waals surface area (Å²) in [5.41, 5.74) is -0.203. The summed E-state index contributed by atoms with van der Waals surface area (Å²) >= 11 is 0. The molecule has 0 aromatic heterocycles. The molecule has 0 aromatic rings. The Morgan fingerprint density at radius 3 is 2.50 bits per heavy atom. The summed E-state index contributed by atoms with van der Waals surface area (Å²) in [6.45, 7) is 8.36. The summed E-state index contributed by atoms with van der Waals surface area (Å²) in [5, 5.41) is 3.16. The number of hydrogen-bond donors (Lipinski definition) is 1. The third kappa shape index (κ3) is 2.73. The highest BCUT2D eigenvalue weighted by atomic mass is 16.2. The van der Waals surface area contributed by atoms with Gasteiger partial charge in [0.1, 0.15) is 0 Å². The Balaban J connectivity index is 2.41. The Morgan fingerprint density at radius 1 is 1.43 bits per heavy atom. The van der Waals surface area contributed by atoms with E-state index in [2.05, 4.69) is 19.2 Å². The Kier molecular flexibility index (Phi) is 3.57. The molecule has 14 heavy (non-hydrogen) atoms. The zero-order valence-electron chi connectivity index (χ0n) is 9.89. The third-order valence-electron chi connectivity index (χ3n) is 3.53. The molecule has 1 rings (SSSR count). The lowest BCUT2D eigenvalue weighted by atomic mass is 9.89. The maximum atomic E-state index is 11.8. The van der Waals surface area contributed by atoms with Crippen LogP contribution in [0.3, 0.4) is 0 Å². The van der Waals surface area contributed by atoms with Gasteiger partial charge in [0.25, 0.3) is 0 Å². The summed E-state index contributed by atoms with van der Waals surface area (Å²) < 4.78 is 0. The largest absolute Gasteiger partial charge is 0.353 e. The highest BCUT2D eigenvalue weighted by Gasteiger charge is 2.29. The Hall–Kier alpha value is -0.530. The number of nitrogens with one attached hydrogen (secondary N) is 1. The molecule has 2 heteroatoms. The van der Waals surface area contributed by atoms with E-state index in [1.54, 1.807) is 0 Å². The van der Waals surface area contributed by atoms with E-state index in [4.69, 9.17) is 0 Å². The first-order valence-corrected chi connectivity index (χ1v) is 5.76. The van der Waals surface area contributed by atoms with Gasteiger partial charge in [0, 0.05) is 11.5 Å². The van der Waals surface area contributed by atoms with Crippen LogP contribution >= 0.6 is 0 Å². The molecule has 0 aromatic carbocycles. The molecule has 2 nitrogen and oxygen atoms in total. The number of carbonyl (C=O) groups is 1. The summed E-state index contributed by atoms with van der Waals surface area (Å²) in [5.74, 6) is 1.00. The second kappa shape index (κ2) is 4.33. The standard InChI is InChI=1S/C12H23NO/c1-5-12(3,4)11(14)13-10-7-6-9(2)8-10/h9-10H,5-8H2,1-4H3,(H,13,14). The first-order valence-electron chi connectivity index (χ1n) is 5.76. The van der Waals surface area contributed by atoms with Crippen LogP contribution in [0.15, 0.2) is 0 Å². The van der Waals surface area contributed by atoms with Crippen LogP contribution in [0, 0.1) is 11.3 Å². The van der Waals surface area contributed by atoms with E-state index in [9.17, 15) is 4.79 Å². The van der Waals surface area contributed by atoms with Crippen LogP contribution in [0.25, 0.3) is 0 Å². The number of carbonyl (C=O) groups excluding carboxylic acids is 1. The van der Waals surface area contributed by atoms with Gasteiger partial charge in [-0.05, 0) is 31.6 Å². The highest BCUT2D eigenvalue weighted by Crippen LogP contribution is 2.26. The van der Waals surface area contributed by atoms with Gasteiger partial charge in [0.05, 0.1) is 0 Å². The number of amides is 1. The van der Waals surface area contributed by atoms with E-state index < -0.39 is 0 Å². The van der Waals surface area contributed by atoms with Crippen molar-refractivity contribution in [1.82, 2.24) is 5.32 Å². The van der Waals surface area contributed by atoms with Crippen molar-refractivity contribution in [2.75, 3.05) is 0 Å². The van der Waals surface area contributed by atoms with Crippen molar-refractivity contribution in [3.63, 3.8) is 0 Å².